The van der Waals surface area contributed by atoms with E-state index in [1.807, 2.05) is 26.0 Å². The molecule has 1 saturated carbocycles. The molecule has 1 fully saturated rings. The Morgan fingerprint density at radius 2 is 2.09 bits per heavy atom. The van der Waals surface area contributed by atoms with E-state index in [-0.39, 0.29) is 19.0 Å². The second-order valence-electron chi connectivity index (χ2n) is 6.56. The summed E-state index contributed by atoms with van der Waals surface area (Å²) in [5.74, 6) is -1.86. The Kier molecular flexibility index (Phi) is 3.30. The maximum atomic E-state index is 13.1. The van der Waals surface area contributed by atoms with E-state index in [0.717, 1.165) is 22.4 Å². The van der Waals surface area contributed by atoms with E-state index in [2.05, 4.69) is 10.6 Å². The summed E-state index contributed by atoms with van der Waals surface area (Å²) in [5.41, 5.74) is 2.02. The van der Waals surface area contributed by atoms with Crippen molar-refractivity contribution in [2.24, 2.45) is 5.41 Å². The maximum Gasteiger partial charge on any atom is 0.315 e. The van der Waals surface area contributed by atoms with Gasteiger partial charge in [0.25, 0.3) is 5.92 Å². The Morgan fingerprint density at radius 1 is 1.41 bits per heavy atom. The van der Waals surface area contributed by atoms with Crippen molar-refractivity contribution in [3.63, 3.8) is 0 Å². The van der Waals surface area contributed by atoms with Crippen LogP contribution in [0.2, 0.25) is 0 Å². The van der Waals surface area contributed by atoms with E-state index in [0.29, 0.717) is 6.61 Å². The van der Waals surface area contributed by atoms with Gasteiger partial charge < -0.3 is 15.4 Å². The molecule has 2 aliphatic rings. The molecule has 4 nitrogen and oxygen atoms in total. The largest absolute Gasteiger partial charge is 0.490 e. The normalized spacial score (nSPS) is 27.8. The lowest BCUT2D eigenvalue weighted by Crippen LogP contribution is -2.41. The highest BCUT2D eigenvalue weighted by Gasteiger charge is 2.67. The molecule has 0 bridgehead atoms. The van der Waals surface area contributed by atoms with Gasteiger partial charge in [0.05, 0.1) is 11.5 Å². The van der Waals surface area contributed by atoms with Crippen LogP contribution in [0.25, 0.3) is 0 Å². The Morgan fingerprint density at radius 3 is 2.73 bits per heavy atom. The molecule has 3 rings (SSSR count). The molecular weight excluding hydrogens is 290 g/mol. The summed E-state index contributed by atoms with van der Waals surface area (Å²) in [6, 6.07) is 3.23. The number of fused-ring (bicyclic) bond motifs is 1. The Hall–Kier alpha value is -1.85. The van der Waals surface area contributed by atoms with Crippen molar-refractivity contribution in [2.75, 3.05) is 13.2 Å². The van der Waals surface area contributed by atoms with Gasteiger partial charge in [0.15, 0.2) is 0 Å². The average Bonchev–Trinajstić information content (AvgIpc) is 2.78. The third-order valence-corrected chi connectivity index (χ3v) is 4.79. The minimum atomic E-state index is -2.67. The summed E-state index contributed by atoms with van der Waals surface area (Å²) in [4.78, 5) is 11.9. The second kappa shape index (κ2) is 4.83. The van der Waals surface area contributed by atoms with Crippen molar-refractivity contribution in [3.05, 3.63) is 28.8 Å². The predicted octanol–water partition coefficient (Wildman–Crippen LogP) is 3.08. The van der Waals surface area contributed by atoms with Crippen LogP contribution in [0.3, 0.4) is 0 Å². The van der Waals surface area contributed by atoms with Gasteiger partial charge in [-0.25, -0.2) is 13.6 Å². The number of alkyl halides is 2. The molecule has 22 heavy (non-hydrogen) atoms. The summed E-state index contributed by atoms with van der Waals surface area (Å²) >= 11 is 0. The second-order valence-corrected chi connectivity index (χ2v) is 6.56. The van der Waals surface area contributed by atoms with Gasteiger partial charge in [-0.2, -0.15) is 0 Å². The van der Waals surface area contributed by atoms with Crippen LogP contribution in [0.15, 0.2) is 12.1 Å². The number of urea groups is 1. The Labute approximate surface area is 128 Å². The molecular formula is C16H20F2N2O2. The van der Waals surface area contributed by atoms with Crippen molar-refractivity contribution < 1.29 is 18.3 Å². The van der Waals surface area contributed by atoms with Crippen LogP contribution in [-0.2, 0) is 0 Å². The number of aryl methyl sites for hydroxylation is 1. The van der Waals surface area contributed by atoms with E-state index < -0.39 is 17.4 Å². The van der Waals surface area contributed by atoms with E-state index in [4.69, 9.17) is 4.74 Å². The zero-order valence-corrected chi connectivity index (χ0v) is 12.9. The fourth-order valence-corrected chi connectivity index (χ4v) is 2.78. The van der Waals surface area contributed by atoms with Gasteiger partial charge in [0, 0.05) is 18.5 Å². The minimum absolute atomic E-state index is 0.0286. The van der Waals surface area contributed by atoms with E-state index >= 15 is 0 Å². The number of halogens is 2. The molecule has 0 aromatic heterocycles. The van der Waals surface area contributed by atoms with E-state index in [9.17, 15) is 13.6 Å². The van der Waals surface area contributed by atoms with Crippen LogP contribution < -0.4 is 15.4 Å². The number of amides is 2. The van der Waals surface area contributed by atoms with Crippen LogP contribution in [0.1, 0.15) is 36.1 Å². The molecule has 2 N–H and O–H groups in total. The van der Waals surface area contributed by atoms with Gasteiger partial charge in [-0.15, -0.1) is 0 Å². The summed E-state index contributed by atoms with van der Waals surface area (Å²) in [6.45, 7) is 5.79. The van der Waals surface area contributed by atoms with Gasteiger partial charge in [0.1, 0.15) is 12.4 Å². The molecule has 1 aromatic carbocycles. The molecule has 1 aliphatic carbocycles. The maximum absolute atomic E-state index is 13.1. The Balaban J connectivity index is 1.60. The number of ether oxygens (including phenoxy) is 1. The smallest absolute Gasteiger partial charge is 0.315 e. The number of hydrogen-bond donors (Lipinski definition) is 2. The third kappa shape index (κ3) is 2.40. The molecule has 0 radical (unpaired) electrons. The van der Waals surface area contributed by atoms with Crippen molar-refractivity contribution in [2.45, 2.75) is 39.2 Å². The van der Waals surface area contributed by atoms with Gasteiger partial charge >= 0.3 is 6.03 Å². The lowest BCUT2D eigenvalue weighted by atomic mass is 10.0. The molecule has 0 spiro atoms. The first kappa shape index (κ1) is 15.1. The zero-order chi connectivity index (χ0) is 16.1. The predicted molar refractivity (Wildman–Crippen MR) is 78.4 cm³/mol. The molecule has 1 aliphatic heterocycles. The quantitative estimate of drug-likeness (QED) is 0.901. The van der Waals surface area contributed by atoms with E-state index in [1.54, 1.807) is 0 Å². The Bertz CT molecular complexity index is 633. The minimum Gasteiger partial charge on any atom is -0.490 e. The first-order chi connectivity index (χ1) is 10.2. The van der Waals surface area contributed by atoms with Crippen LogP contribution in [-0.4, -0.2) is 25.1 Å². The molecule has 1 aromatic rings. The summed E-state index contributed by atoms with van der Waals surface area (Å²) in [7, 11) is 0. The third-order valence-electron chi connectivity index (χ3n) is 4.79. The zero-order valence-electron chi connectivity index (χ0n) is 12.9. The number of carbonyl (C=O) groups excluding carboxylic acids is 1. The van der Waals surface area contributed by atoms with Crippen LogP contribution >= 0.6 is 0 Å². The number of hydrogen-bond acceptors (Lipinski definition) is 2. The van der Waals surface area contributed by atoms with Crippen LogP contribution in [0, 0.1) is 19.3 Å². The van der Waals surface area contributed by atoms with Gasteiger partial charge in [-0.3, -0.25) is 0 Å². The molecule has 1 heterocycles. The highest BCUT2D eigenvalue weighted by atomic mass is 19.3. The topological polar surface area (TPSA) is 50.4 Å². The monoisotopic (exact) mass is 310 g/mol. The van der Waals surface area contributed by atoms with Gasteiger partial charge in [0.2, 0.25) is 0 Å². The van der Waals surface area contributed by atoms with Crippen molar-refractivity contribution in [3.8, 4) is 5.75 Å². The van der Waals surface area contributed by atoms with Crippen molar-refractivity contribution in [1.82, 2.24) is 10.6 Å². The molecule has 2 unspecified atom stereocenters. The highest BCUT2D eigenvalue weighted by Crippen LogP contribution is 2.59. The molecule has 120 valence electrons. The first-order valence-electron chi connectivity index (χ1n) is 7.39. The lowest BCUT2D eigenvalue weighted by Gasteiger charge is -2.15. The highest BCUT2D eigenvalue weighted by molar-refractivity contribution is 5.75. The number of benzene rings is 1. The van der Waals surface area contributed by atoms with Crippen LogP contribution in [0.4, 0.5) is 13.6 Å². The summed E-state index contributed by atoms with van der Waals surface area (Å²) < 4.78 is 31.9. The molecule has 2 atom stereocenters. The number of carbonyl (C=O) groups is 1. The fraction of sp³-hybridized carbons (Fsp3) is 0.562. The number of rotatable bonds is 3. The first-order valence-corrected chi connectivity index (χ1v) is 7.39. The number of nitrogens with one attached hydrogen (secondary N) is 2. The molecule has 2 amide bonds. The average molecular weight is 310 g/mol. The summed E-state index contributed by atoms with van der Waals surface area (Å²) in [6.07, 6.45) is -0.172. The lowest BCUT2D eigenvalue weighted by molar-refractivity contribution is 0.0707. The van der Waals surface area contributed by atoms with Gasteiger partial charge in [-0.05, 0) is 25.0 Å². The summed E-state index contributed by atoms with van der Waals surface area (Å²) in [5, 5.41) is 5.33. The van der Waals surface area contributed by atoms with Crippen LogP contribution in [0.5, 0.6) is 5.75 Å². The molecule has 6 heteroatoms. The fourth-order valence-electron chi connectivity index (χ4n) is 2.78. The van der Waals surface area contributed by atoms with Gasteiger partial charge in [-0.1, -0.05) is 19.1 Å². The van der Waals surface area contributed by atoms with Crippen molar-refractivity contribution in [1.29, 1.82) is 0 Å². The standard InChI is InChI=1S/C16H20F2N2O2/c1-9-4-5-11-12(6-22-13(11)10(9)2)20-14(21)19-8-15(3)7-16(15,17)18/h4-5,12H,6-8H2,1-3H3,(H2,19,20,21). The van der Waals surface area contributed by atoms with E-state index in [1.165, 1.54) is 6.92 Å². The SMILES string of the molecule is Cc1ccc2c(c1C)OCC2NC(=O)NCC1(C)CC1(F)F. The molecule has 0 saturated heterocycles. The van der Waals surface area contributed by atoms with Crippen molar-refractivity contribution >= 4 is 6.03 Å².